The van der Waals surface area contributed by atoms with E-state index in [0.29, 0.717) is 60.4 Å². The van der Waals surface area contributed by atoms with Crippen molar-refractivity contribution in [2.45, 2.75) is 0 Å². The minimum atomic E-state index is -0.567. The van der Waals surface area contributed by atoms with Crippen molar-refractivity contribution in [2.24, 2.45) is 4.99 Å². The fourth-order valence-corrected chi connectivity index (χ4v) is 3.66. The highest BCUT2D eigenvalue weighted by Gasteiger charge is 2.26. The van der Waals surface area contributed by atoms with E-state index in [-0.39, 0.29) is 30.9 Å². The predicted molar refractivity (Wildman–Crippen MR) is 119 cm³/mol. The number of carbonyl (C=O) groups is 2. The van der Waals surface area contributed by atoms with Gasteiger partial charge >= 0.3 is 5.97 Å². The van der Waals surface area contributed by atoms with Gasteiger partial charge in [-0.15, -0.1) is 0 Å². The lowest BCUT2D eigenvalue weighted by atomic mass is 10.1. The number of aliphatic imine (C=N–C) groups is 1. The summed E-state index contributed by atoms with van der Waals surface area (Å²) in [6, 6.07) is 10.3. The molecule has 176 valence electrons. The fourth-order valence-electron chi connectivity index (χ4n) is 3.66. The number of hydrogen-bond donors (Lipinski definition) is 0. The quantitative estimate of drug-likeness (QED) is 0.470. The molecule has 0 aromatic heterocycles. The summed E-state index contributed by atoms with van der Waals surface area (Å²) in [5.74, 6) is 1.55. The monoisotopic (exact) mass is 466 g/mol. The molecular weight excluding hydrogens is 444 g/mol. The average molecular weight is 466 g/mol. The van der Waals surface area contributed by atoms with E-state index in [0.717, 1.165) is 0 Å². The van der Waals surface area contributed by atoms with Gasteiger partial charge in [0.2, 0.25) is 12.7 Å². The van der Waals surface area contributed by atoms with Gasteiger partial charge in [0.25, 0.3) is 5.91 Å². The molecule has 34 heavy (non-hydrogen) atoms. The Hall–Kier alpha value is -4.05. The first kappa shape index (κ1) is 21.8. The second kappa shape index (κ2) is 9.44. The highest BCUT2D eigenvalue weighted by Crippen LogP contribution is 2.34. The molecular formula is C24H22N2O8. The van der Waals surface area contributed by atoms with E-state index in [9.17, 15) is 9.59 Å². The van der Waals surface area contributed by atoms with Gasteiger partial charge in [0.05, 0.1) is 20.3 Å². The zero-order chi connectivity index (χ0) is 23.5. The minimum absolute atomic E-state index is 0.105. The first-order valence-electron chi connectivity index (χ1n) is 10.7. The lowest BCUT2D eigenvalue weighted by Crippen LogP contribution is -2.43. The second-order valence-corrected chi connectivity index (χ2v) is 7.60. The zero-order valence-electron chi connectivity index (χ0n) is 18.4. The summed E-state index contributed by atoms with van der Waals surface area (Å²) in [7, 11) is 1.50. The third kappa shape index (κ3) is 4.53. The van der Waals surface area contributed by atoms with Crippen LogP contribution in [0.5, 0.6) is 23.0 Å². The first-order valence-corrected chi connectivity index (χ1v) is 10.7. The normalized spacial score (nSPS) is 18.0. The van der Waals surface area contributed by atoms with E-state index < -0.39 is 5.97 Å². The summed E-state index contributed by atoms with van der Waals surface area (Å²) in [5, 5.41) is 0. The van der Waals surface area contributed by atoms with Crippen LogP contribution in [0.4, 0.5) is 0 Å². The van der Waals surface area contributed by atoms with Crippen molar-refractivity contribution in [3.8, 4) is 23.0 Å². The number of hydrogen-bond acceptors (Lipinski definition) is 9. The molecule has 1 saturated heterocycles. The SMILES string of the molecule is COc1cc(C=C2N=C(c3ccc4c(c3)OCO4)OC2=O)ccc1OCC(=O)N1CCOCC1. The van der Waals surface area contributed by atoms with Crippen molar-refractivity contribution in [3.05, 3.63) is 53.2 Å². The predicted octanol–water partition coefficient (Wildman–Crippen LogP) is 2.01. The van der Waals surface area contributed by atoms with E-state index in [1.165, 1.54) is 7.11 Å². The molecule has 10 heteroatoms. The molecule has 1 fully saturated rings. The lowest BCUT2D eigenvalue weighted by molar-refractivity contribution is -0.137. The molecule has 0 radical (unpaired) electrons. The highest BCUT2D eigenvalue weighted by atomic mass is 16.7. The number of fused-ring (bicyclic) bond motifs is 1. The molecule has 0 N–H and O–H groups in total. The molecule has 2 aromatic rings. The summed E-state index contributed by atoms with van der Waals surface area (Å²) in [6.45, 7) is 2.21. The lowest BCUT2D eigenvalue weighted by Gasteiger charge is -2.26. The van der Waals surface area contributed by atoms with Gasteiger partial charge in [0.1, 0.15) is 0 Å². The third-order valence-electron chi connectivity index (χ3n) is 5.45. The number of morpholine rings is 1. The van der Waals surface area contributed by atoms with Gasteiger partial charge in [-0.2, -0.15) is 0 Å². The Balaban J connectivity index is 1.30. The van der Waals surface area contributed by atoms with Gasteiger partial charge in [-0.1, -0.05) is 6.07 Å². The number of cyclic esters (lactones) is 1. The van der Waals surface area contributed by atoms with Crippen LogP contribution in [0.25, 0.3) is 6.08 Å². The van der Waals surface area contributed by atoms with Gasteiger partial charge in [-0.05, 0) is 42.0 Å². The number of carbonyl (C=O) groups excluding carboxylic acids is 2. The molecule has 0 bridgehead atoms. The van der Waals surface area contributed by atoms with Crippen molar-refractivity contribution < 1.29 is 38.0 Å². The molecule has 0 atom stereocenters. The van der Waals surface area contributed by atoms with Crippen LogP contribution < -0.4 is 18.9 Å². The topological polar surface area (TPSA) is 105 Å². The van der Waals surface area contributed by atoms with Crippen LogP contribution in [0.15, 0.2) is 47.1 Å². The third-order valence-corrected chi connectivity index (χ3v) is 5.45. The number of benzene rings is 2. The van der Waals surface area contributed by atoms with Crippen molar-refractivity contribution in [1.29, 1.82) is 0 Å². The standard InChI is InChI=1S/C24H22N2O8/c1-29-20-11-15(2-4-18(20)31-13-22(27)26-6-8-30-9-7-26)10-17-24(28)34-23(25-17)16-3-5-19-21(12-16)33-14-32-19/h2-5,10-12H,6-9,13-14H2,1H3. The molecule has 0 aliphatic carbocycles. The Morgan fingerprint density at radius 2 is 1.91 bits per heavy atom. The number of methoxy groups -OCH3 is 1. The minimum Gasteiger partial charge on any atom is -0.493 e. The average Bonchev–Trinajstić information content (AvgIpc) is 3.49. The summed E-state index contributed by atoms with van der Waals surface area (Å²) in [4.78, 5) is 30.7. The number of esters is 1. The molecule has 0 saturated carbocycles. The molecule has 1 amide bonds. The van der Waals surface area contributed by atoms with Crippen molar-refractivity contribution >= 4 is 23.9 Å². The van der Waals surface area contributed by atoms with E-state index in [2.05, 4.69) is 4.99 Å². The van der Waals surface area contributed by atoms with Crippen LogP contribution in [0.1, 0.15) is 11.1 Å². The van der Waals surface area contributed by atoms with Crippen molar-refractivity contribution in [1.82, 2.24) is 4.90 Å². The Kier molecular flexibility index (Phi) is 6.05. The summed E-state index contributed by atoms with van der Waals surface area (Å²) in [6.07, 6.45) is 1.59. The van der Waals surface area contributed by atoms with Crippen LogP contribution in [-0.2, 0) is 19.1 Å². The largest absolute Gasteiger partial charge is 0.493 e. The smallest absolute Gasteiger partial charge is 0.363 e. The van der Waals surface area contributed by atoms with Crippen molar-refractivity contribution in [3.63, 3.8) is 0 Å². The zero-order valence-corrected chi connectivity index (χ0v) is 18.4. The molecule has 0 unspecified atom stereocenters. The van der Waals surface area contributed by atoms with Crippen LogP contribution in [0.3, 0.4) is 0 Å². The van der Waals surface area contributed by atoms with E-state index in [4.69, 9.17) is 28.4 Å². The second-order valence-electron chi connectivity index (χ2n) is 7.60. The maximum atomic E-state index is 12.4. The highest BCUT2D eigenvalue weighted by molar-refractivity contribution is 6.13. The number of ether oxygens (including phenoxy) is 6. The van der Waals surface area contributed by atoms with Crippen LogP contribution in [0.2, 0.25) is 0 Å². The summed E-state index contributed by atoms with van der Waals surface area (Å²) >= 11 is 0. The summed E-state index contributed by atoms with van der Waals surface area (Å²) in [5.41, 5.74) is 1.41. The number of nitrogens with zero attached hydrogens (tertiary/aromatic N) is 2. The van der Waals surface area contributed by atoms with E-state index in [1.807, 2.05) is 0 Å². The Morgan fingerprint density at radius 3 is 2.74 bits per heavy atom. The fraction of sp³-hybridized carbons (Fsp3) is 0.292. The molecule has 2 aromatic carbocycles. The van der Waals surface area contributed by atoms with Gasteiger partial charge < -0.3 is 33.3 Å². The number of amides is 1. The molecule has 5 rings (SSSR count). The maximum Gasteiger partial charge on any atom is 0.363 e. The molecule has 3 aliphatic heterocycles. The molecule has 10 nitrogen and oxygen atoms in total. The number of rotatable bonds is 6. The summed E-state index contributed by atoms with van der Waals surface area (Å²) < 4.78 is 32.4. The molecule has 3 heterocycles. The Labute approximate surface area is 195 Å². The van der Waals surface area contributed by atoms with Crippen LogP contribution in [-0.4, -0.2) is 69.5 Å². The Bertz CT molecular complexity index is 1180. The molecule has 3 aliphatic rings. The van der Waals surface area contributed by atoms with E-state index >= 15 is 0 Å². The van der Waals surface area contributed by atoms with Gasteiger partial charge in [0.15, 0.2) is 35.3 Å². The van der Waals surface area contributed by atoms with Crippen LogP contribution in [0, 0.1) is 0 Å². The molecule has 0 spiro atoms. The van der Waals surface area contributed by atoms with Gasteiger partial charge in [-0.3, -0.25) is 4.79 Å². The first-order chi connectivity index (χ1) is 16.6. The van der Waals surface area contributed by atoms with Gasteiger partial charge in [-0.25, -0.2) is 9.79 Å². The Morgan fingerprint density at radius 1 is 1.09 bits per heavy atom. The van der Waals surface area contributed by atoms with Crippen molar-refractivity contribution in [2.75, 3.05) is 46.8 Å². The van der Waals surface area contributed by atoms with Crippen LogP contribution >= 0.6 is 0 Å². The van der Waals surface area contributed by atoms with Gasteiger partial charge in [0, 0.05) is 18.7 Å². The van der Waals surface area contributed by atoms with E-state index in [1.54, 1.807) is 47.4 Å². The maximum absolute atomic E-state index is 12.4.